The number of ether oxygens (including phenoxy) is 1. The number of halogens is 1. The minimum absolute atomic E-state index is 0.129. The van der Waals surface area contributed by atoms with Crippen LogP contribution in [-0.4, -0.2) is 23.1 Å². The van der Waals surface area contributed by atoms with Crippen LogP contribution in [0.1, 0.15) is 13.8 Å². The predicted octanol–water partition coefficient (Wildman–Crippen LogP) is 3.19. The first-order chi connectivity index (χ1) is 9.72. The third-order valence-corrected chi connectivity index (χ3v) is 2.49. The number of benzene rings is 1. The second-order valence-corrected chi connectivity index (χ2v) is 4.01. The van der Waals surface area contributed by atoms with Crippen LogP contribution in [0.2, 0.25) is 0 Å². The van der Waals surface area contributed by atoms with Gasteiger partial charge in [-0.2, -0.15) is 4.98 Å². The van der Waals surface area contributed by atoms with Crippen molar-refractivity contribution in [3.63, 3.8) is 0 Å². The van der Waals surface area contributed by atoms with Crippen LogP contribution in [-0.2, 0) is 0 Å². The topological polar surface area (TPSA) is 59.1 Å². The highest BCUT2D eigenvalue weighted by Crippen LogP contribution is 2.22. The molecule has 5 nitrogen and oxygen atoms in total. The maximum Gasteiger partial charge on any atom is 0.224 e. The Morgan fingerprint density at radius 3 is 2.90 bits per heavy atom. The van der Waals surface area contributed by atoms with E-state index in [2.05, 4.69) is 20.6 Å². The lowest BCUT2D eigenvalue weighted by molar-refractivity contribution is 0.340. The van der Waals surface area contributed by atoms with Gasteiger partial charge in [0.2, 0.25) is 5.95 Å². The van der Waals surface area contributed by atoms with Gasteiger partial charge in [0.1, 0.15) is 5.75 Å². The van der Waals surface area contributed by atoms with Crippen molar-refractivity contribution >= 4 is 17.5 Å². The monoisotopic (exact) mass is 276 g/mol. The van der Waals surface area contributed by atoms with Gasteiger partial charge < -0.3 is 15.4 Å². The number of rotatable bonds is 6. The maximum atomic E-state index is 13.7. The van der Waals surface area contributed by atoms with Crippen LogP contribution in [0.5, 0.6) is 5.75 Å². The molecule has 0 aliphatic heterocycles. The molecule has 0 bridgehead atoms. The van der Waals surface area contributed by atoms with E-state index in [-0.39, 0.29) is 5.82 Å². The molecule has 0 aliphatic rings. The highest BCUT2D eigenvalue weighted by Gasteiger charge is 2.07. The minimum atomic E-state index is -0.506. The molecule has 1 aromatic carbocycles. The summed E-state index contributed by atoms with van der Waals surface area (Å²) in [5.74, 6) is 0.731. The molecule has 0 radical (unpaired) electrons. The summed E-state index contributed by atoms with van der Waals surface area (Å²) in [5, 5.41) is 5.86. The summed E-state index contributed by atoms with van der Waals surface area (Å²) in [7, 11) is 0. The number of nitrogens with one attached hydrogen (secondary N) is 2. The molecule has 106 valence electrons. The predicted molar refractivity (Wildman–Crippen MR) is 77.0 cm³/mol. The third-order valence-electron chi connectivity index (χ3n) is 2.49. The van der Waals surface area contributed by atoms with E-state index >= 15 is 0 Å². The van der Waals surface area contributed by atoms with E-state index in [0.29, 0.717) is 24.8 Å². The summed E-state index contributed by atoms with van der Waals surface area (Å²) < 4.78 is 19.1. The zero-order chi connectivity index (χ0) is 14.4. The Labute approximate surface area is 117 Å². The number of anilines is 3. The number of aromatic nitrogens is 2. The van der Waals surface area contributed by atoms with Gasteiger partial charge in [0, 0.05) is 18.3 Å². The lowest BCUT2D eigenvalue weighted by Crippen LogP contribution is -2.06. The van der Waals surface area contributed by atoms with Crippen LogP contribution >= 0.6 is 0 Å². The zero-order valence-corrected chi connectivity index (χ0v) is 11.5. The van der Waals surface area contributed by atoms with Gasteiger partial charge >= 0.3 is 0 Å². The Bertz CT molecular complexity index is 577. The lowest BCUT2D eigenvalue weighted by atomic mass is 10.3. The Hall–Kier alpha value is -2.37. The number of hydrogen-bond donors (Lipinski definition) is 2. The van der Waals surface area contributed by atoms with Crippen LogP contribution in [0.15, 0.2) is 30.5 Å². The molecular weight excluding hydrogens is 259 g/mol. The van der Waals surface area contributed by atoms with Crippen LogP contribution in [0.4, 0.5) is 21.8 Å². The summed E-state index contributed by atoms with van der Waals surface area (Å²) in [5.41, 5.74) is 0.705. The van der Waals surface area contributed by atoms with Crippen molar-refractivity contribution in [1.82, 2.24) is 9.97 Å². The molecule has 2 aromatic rings. The van der Waals surface area contributed by atoms with Crippen LogP contribution in [0, 0.1) is 5.82 Å². The Morgan fingerprint density at radius 2 is 2.15 bits per heavy atom. The Kier molecular flexibility index (Phi) is 4.70. The first-order valence-electron chi connectivity index (χ1n) is 6.49. The molecule has 1 aromatic heterocycles. The van der Waals surface area contributed by atoms with E-state index in [4.69, 9.17) is 4.74 Å². The molecule has 6 heteroatoms. The summed E-state index contributed by atoms with van der Waals surface area (Å²) in [6.45, 7) is 5.08. The molecule has 0 aliphatic carbocycles. The van der Waals surface area contributed by atoms with Crippen molar-refractivity contribution in [3.8, 4) is 5.75 Å². The Morgan fingerprint density at radius 1 is 1.30 bits per heavy atom. The van der Waals surface area contributed by atoms with Crippen LogP contribution in [0.3, 0.4) is 0 Å². The fourth-order valence-corrected chi connectivity index (χ4v) is 1.67. The second-order valence-electron chi connectivity index (χ2n) is 4.01. The van der Waals surface area contributed by atoms with E-state index < -0.39 is 5.82 Å². The average Bonchev–Trinajstić information content (AvgIpc) is 2.44. The molecule has 0 atom stereocenters. The highest BCUT2D eigenvalue weighted by atomic mass is 19.1. The van der Waals surface area contributed by atoms with Gasteiger partial charge in [-0.25, -0.2) is 9.37 Å². The summed E-state index contributed by atoms with van der Waals surface area (Å²) in [6.07, 6.45) is 1.14. The summed E-state index contributed by atoms with van der Waals surface area (Å²) in [6, 6.07) is 7.28. The molecule has 2 N–H and O–H groups in total. The molecule has 0 saturated heterocycles. The molecule has 0 spiro atoms. The van der Waals surface area contributed by atoms with Gasteiger partial charge in [-0.05, 0) is 26.0 Å². The van der Waals surface area contributed by atoms with Gasteiger partial charge in [0.05, 0.1) is 12.8 Å². The molecule has 1 heterocycles. The van der Waals surface area contributed by atoms with E-state index in [9.17, 15) is 4.39 Å². The summed E-state index contributed by atoms with van der Waals surface area (Å²) in [4.78, 5) is 7.94. The van der Waals surface area contributed by atoms with Gasteiger partial charge in [0.15, 0.2) is 11.6 Å². The maximum absolute atomic E-state index is 13.7. The fraction of sp³-hybridized carbons (Fsp3) is 0.286. The van der Waals surface area contributed by atoms with E-state index in [1.165, 1.54) is 0 Å². The first kappa shape index (κ1) is 14.0. The molecule has 0 saturated carbocycles. The molecule has 20 heavy (non-hydrogen) atoms. The van der Waals surface area contributed by atoms with Gasteiger partial charge in [-0.15, -0.1) is 0 Å². The van der Waals surface area contributed by atoms with Crippen molar-refractivity contribution < 1.29 is 9.13 Å². The number of hydrogen-bond acceptors (Lipinski definition) is 5. The first-order valence-corrected chi connectivity index (χ1v) is 6.49. The van der Waals surface area contributed by atoms with Crippen molar-refractivity contribution in [2.24, 2.45) is 0 Å². The van der Waals surface area contributed by atoms with Crippen molar-refractivity contribution in [1.29, 1.82) is 0 Å². The van der Waals surface area contributed by atoms with Crippen molar-refractivity contribution in [3.05, 3.63) is 36.3 Å². The largest absolute Gasteiger partial charge is 0.494 e. The van der Waals surface area contributed by atoms with E-state index in [1.807, 2.05) is 32.0 Å². The Balaban J connectivity index is 2.20. The van der Waals surface area contributed by atoms with E-state index in [0.717, 1.165) is 11.9 Å². The molecular formula is C14H17FN4O. The lowest BCUT2D eigenvalue weighted by Gasteiger charge is -2.10. The SMILES string of the molecule is CCNc1ncc(F)c(Nc2cccc(OCC)c2)n1. The second kappa shape index (κ2) is 6.70. The van der Waals surface area contributed by atoms with Gasteiger partial charge in [-0.3, -0.25) is 0 Å². The smallest absolute Gasteiger partial charge is 0.224 e. The van der Waals surface area contributed by atoms with Gasteiger partial charge in [-0.1, -0.05) is 6.07 Å². The standard InChI is InChI=1S/C14H17FN4O/c1-3-16-14-17-9-12(15)13(19-14)18-10-6-5-7-11(8-10)20-4-2/h5-9H,3-4H2,1-2H3,(H2,16,17,18,19). The van der Waals surface area contributed by atoms with Crippen LogP contribution < -0.4 is 15.4 Å². The minimum Gasteiger partial charge on any atom is -0.494 e. The highest BCUT2D eigenvalue weighted by molar-refractivity contribution is 5.59. The molecule has 0 amide bonds. The third kappa shape index (κ3) is 3.57. The molecule has 0 fully saturated rings. The normalized spacial score (nSPS) is 10.2. The van der Waals surface area contributed by atoms with Crippen molar-refractivity contribution in [2.75, 3.05) is 23.8 Å². The zero-order valence-electron chi connectivity index (χ0n) is 11.5. The van der Waals surface area contributed by atoms with Crippen LogP contribution in [0.25, 0.3) is 0 Å². The van der Waals surface area contributed by atoms with E-state index in [1.54, 1.807) is 6.07 Å². The quantitative estimate of drug-likeness (QED) is 0.848. The molecule has 0 unspecified atom stereocenters. The average molecular weight is 276 g/mol. The number of nitrogens with zero attached hydrogens (tertiary/aromatic N) is 2. The van der Waals surface area contributed by atoms with Gasteiger partial charge in [0.25, 0.3) is 0 Å². The molecule has 2 rings (SSSR count). The van der Waals surface area contributed by atoms with Crippen molar-refractivity contribution in [2.45, 2.75) is 13.8 Å². The fourth-order valence-electron chi connectivity index (χ4n) is 1.67. The summed E-state index contributed by atoms with van der Waals surface area (Å²) >= 11 is 0.